The van der Waals surface area contributed by atoms with Crippen molar-refractivity contribution in [3.8, 4) is 0 Å². The zero-order chi connectivity index (χ0) is 13.1. The number of nitrogens with one attached hydrogen (secondary N) is 1. The van der Waals surface area contributed by atoms with Crippen LogP contribution in [0.3, 0.4) is 0 Å². The van der Waals surface area contributed by atoms with Crippen molar-refractivity contribution in [2.45, 2.75) is 6.54 Å². The molecule has 0 aliphatic carbocycles. The highest BCUT2D eigenvalue weighted by Crippen LogP contribution is 2.27. The summed E-state index contributed by atoms with van der Waals surface area (Å²) in [5, 5.41) is 3.19. The third-order valence-electron chi connectivity index (χ3n) is 2.42. The van der Waals surface area contributed by atoms with Gasteiger partial charge in [-0.1, -0.05) is 37.9 Å². The van der Waals surface area contributed by atoms with Crippen LogP contribution in [0.2, 0.25) is 0 Å². The van der Waals surface area contributed by atoms with Crippen molar-refractivity contribution in [2.24, 2.45) is 0 Å². The molecule has 0 aliphatic heterocycles. The molecule has 0 fully saturated rings. The Kier molecular flexibility index (Phi) is 4.81. The molecular formula is C13H9Br3FN. The summed E-state index contributed by atoms with van der Waals surface area (Å²) >= 11 is 10.1. The molecule has 2 aromatic carbocycles. The number of anilines is 1. The zero-order valence-corrected chi connectivity index (χ0v) is 13.9. The van der Waals surface area contributed by atoms with Crippen molar-refractivity contribution in [1.29, 1.82) is 0 Å². The minimum Gasteiger partial charge on any atom is -0.380 e. The first-order valence-corrected chi connectivity index (χ1v) is 7.57. The van der Waals surface area contributed by atoms with Crippen LogP contribution in [0.25, 0.3) is 0 Å². The molecule has 0 bridgehead atoms. The van der Waals surface area contributed by atoms with Gasteiger partial charge in [-0.25, -0.2) is 4.39 Å². The van der Waals surface area contributed by atoms with Crippen LogP contribution >= 0.6 is 47.8 Å². The van der Waals surface area contributed by atoms with Crippen LogP contribution in [0, 0.1) is 5.82 Å². The zero-order valence-electron chi connectivity index (χ0n) is 9.18. The topological polar surface area (TPSA) is 12.0 Å². The van der Waals surface area contributed by atoms with Gasteiger partial charge in [-0.2, -0.15) is 0 Å². The summed E-state index contributed by atoms with van der Waals surface area (Å²) in [7, 11) is 0. The van der Waals surface area contributed by atoms with E-state index in [1.54, 1.807) is 6.07 Å². The molecule has 0 unspecified atom stereocenters. The quantitative estimate of drug-likeness (QED) is 0.647. The molecule has 1 N–H and O–H groups in total. The summed E-state index contributed by atoms with van der Waals surface area (Å²) in [6, 6.07) is 10.9. The number of rotatable bonds is 3. The number of hydrogen-bond donors (Lipinski definition) is 1. The number of halogens is 4. The summed E-state index contributed by atoms with van der Waals surface area (Å²) in [6.07, 6.45) is 0. The Bertz CT molecular complexity index is 521. The van der Waals surface area contributed by atoms with E-state index in [1.165, 1.54) is 6.07 Å². The maximum absolute atomic E-state index is 13.6. The molecular weight excluding hydrogens is 429 g/mol. The summed E-state index contributed by atoms with van der Waals surface area (Å²) in [5.74, 6) is -0.217. The Morgan fingerprint density at radius 2 is 1.61 bits per heavy atom. The first-order valence-electron chi connectivity index (χ1n) is 5.19. The second-order valence-electron chi connectivity index (χ2n) is 3.71. The van der Waals surface area contributed by atoms with Gasteiger partial charge in [0.2, 0.25) is 0 Å². The van der Waals surface area contributed by atoms with Crippen LogP contribution in [0.1, 0.15) is 5.56 Å². The van der Waals surface area contributed by atoms with Gasteiger partial charge >= 0.3 is 0 Å². The van der Waals surface area contributed by atoms with Gasteiger partial charge in [-0.05, 0) is 46.3 Å². The van der Waals surface area contributed by atoms with E-state index < -0.39 is 0 Å². The summed E-state index contributed by atoms with van der Waals surface area (Å²) in [4.78, 5) is 0. The monoisotopic (exact) mass is 435 g/mol. The average Bonchev–Trinajstić information content (AvgIpc) is 2.30. The van der Waals surface area contributed by atoms with Gasteiger partial charge in [0.25, 0.3) is 0 Å². The standard InChI is InChI=1S/C13H9Br3FN/c14-9-3-4-13(11(16)5-9)18-7-8-1-2-10(15)6-12(8)17/h1-6,18H,7H2. The van der Waals surface area contributed by atoms with E-state index >= 15 is 0 Å². The Labute approximate surface area is 130 Å². The second kappa shape index (κ2) is 6.17. The lowest BCUT2D eigenvalue weighted by atomic mass is 10.2. The average molecular weight is 438 g/mol. The minimum absolute atomic E-state index is 0.217. The highest BCUT2D eigenvalue weighted by Gasteiger charge is 2.04. The Hall–Kier alpha value is -0.390. The van der Waals surface area contributed by atoms with Gasteiger partial charge < -0.3 is 5.32 Å². The third kappa shape index (κ3) is 3.56. The van der Waals surface area contributed by atoms with Crippen LogP contribution in [-0.4, -0.2) is 0 Å². The molecule has 0 heterocycles. The lowest BCUT2D eigenvalue weighted by Gasteiger charge is -2.10. The predicted octanol–water partition coefficient (Wildman–Crippen LogP) is 5.73. The molecule has 18 heavy (non-hydrogen) atoms. The Balaban J connectivity index is 2.11. The van der Waals surface area contributed by atoms with Gasteiger partial charge in [-0.15, -0.1) is 0 Å². The van der Waals surface area contributed by atoms with Crippen LogP contribution in [0.5, 0.6) is 0 Å². The fourth-order valence-corrected chi connectivity index (χ4v) is 3.01. The van der Waals surface area contributed by atoms with Crippen LogP contribution in [0.15, 0.2) is 49.8 Å². The van der Waals surface area contributed by atoms with E-state index in [1.807, 2.05) is 24.3 Å². The molecule has 2 aromatic rings. The smallest absolute Gasteiger partial charge is 0.129 e. The molecule has 5 heteroatoms. The lowest BCUT2D eigenvalue weighted by molar-refractivity contribution is 0.612. The molecule has 0 aromatic heterocycles. The molecule has 0 atom stereocenters. The molecule has 2 rings (SSSR count). The molecule has 0 saturated carbocycles. The maximum atomic E-state index is 13.6. The highest BCUT2D eigenvalue weighted by molar-refractivity contribution is 9.11. The van der Waals surface area contributed by atoms with Crippen molar-refractivity contribution >= 4 is 53.5 Å². The van der Waals surface area contributed by atoms with E-state index in [0.29, 0.717) is 12.1 Å². The second-order valence-corrected chi connectivity index (χ2v) is 6.40. The van der Waals surface area contributed by atoms with Gasteiger partial charge in [0, 0.05) is 31.2 Å². The van der Waals surface area contributed by atoms with Crippen LogP contribution in [0.4, 0.5) is 10.1 Å². The fourth-order valence-electron chi connectivity index (χ4n) is 1.49. The molecule has 1 nitrogen and oxygen atoms in total. The normalized spacial score (nSPS) is 10.4. The Morgan fingerprint density at radius 1 is 0.944 bits per heavy atom. The summed E-state index contributed by atoms with van der Waals surface area (Å²) < 4.78 is 16.3. The third-order valence-corrected chi connectivity index (χ3v) is 4.06. The predicted molar refractivity (Wildman–Crippen MR) is 83.3 cm³/mol. The molecule has 0 amide bonds. The van der Waals surface area contributed by atoms with Crippen LogP contribution in [-0.2, 0) is 6.54 Å². The fraction of sp³-hybridized carbons (Fsp3) is 0.0769. The van der Waals surface area contributed by atoms with E-state index in [2.05, 4.69) is 53.1 Å². The van der Waals surface area contributed by atoms with Gasteiger partial charge in [0.15, 0.2) is 0 Å². The van der Waals surface area contributed by atoms with Crippen molar-refractivity contribution in [1.82, 2.24) is 0 Å². The van der Waals surface area contributed by atoms with Gasteiger partial charge in [0.1, 0.15) is 5.82 Å². The number of hydrogen-bond acceptors (Lipinski definition) is 1. The minimum atomic E-state index is -0.217. The largest absolute Gasteiger partial charge is 0.380 e. The first-order chi connectivity index (χ1) is 8.56. The van der Waals surface area contributed by atoms with E-state index in [9.17, 15) is 4.39 Å². The van der Waals surface area contributed by atoms with Crippen molar-refractivity contribution in [2.75, 3.05) is 5.32 Å². The van der Waals surface area contributed by atoms with Crippen LogP contribution < -0.4 is 5.32 Å². The van der Waals surface area contributed by atoms with Crippen molar-refractivity contribution in [3.05, 3.63) is 61.2 Å². The van der Waals surface area contributed by atoms with E-state index in [0.717, 1.165) is 19.1 Å². The molecule has 0 spiro atoms. The number of benzene rings is 2. The first kappa shape index (κ1) is 14.0. The summed E-state index contributed by atoms with van der Waals surface area (Å²) in [5.41, 5.74) is 1.56. The van der Waals surface area contributed by atoms with Gasteiger partial charge in [0.05, 0.1) is 0 Å². The Morgan fingerprint density at radius 3 is 2.28 bits per heavy atom. The van der Waals surface area contributed by atoms with Gasteiger partial charge in [-0.3, -0.25) is 0 Å². The molecule has 0 radical (unpaired) electrons. The van der Waals surface area contributed by atoms with E-state index in [4.69, 9.17) is 0 Å². The highest BCUT2D eigenvalue weighted by atomic mass is 79.9. The molecule has 0 aliphatic rings. The molecule has 94 valence electrons. The van der Waals surface area contributed by atoms with Crippen molar-refractivity contribution < 1.29 is 4.39 Å². The molecule has 0 saturated heterocycles. The van der Waals surface area contributed by atoms with Crippen molar-refractivity contribution in [3.63, 3.8) is 0 Å². The van der Waals surface area contributed by atoms with E-state index in [-0.39, 0.29) is 5.82 Å². The lowest BCUT2D eigenvalue weighted by Crippen LogP contribution is -2.02. The SMILES string of the molecule is Fc1cc(Br)ccc1CNc1ccc(Br)cc1Br. The summed E-state index contributed by atoms with van der Waals surface area (Å²) in [6.45, 7) is 0.444. The maximum Gasteiger partial charge on any atom is 0.129 e.